The van der Waals surface area contributed by atoms with Gasteiger partial charge in [0.05, 0.1) is 0 Å². The second-order valence-electron chi connectivity index (χ2n) is 6.41. The average Bonchev–Trinajstić information content (AvgIpc) is 2.88. The van der Waals surface area contributed by atoms with Crippen molar-refractivity contribution in [1.82, 2.24) is 4.90 Å². The van der Waals surface area contributed by atoms with Crippen LogP contribution in [-0.2, 0) is 6.42 Å². The Morgan fingerprint density at radius 1 is 1.38 bits per heavy atom. The van der Waals surface area contributed by atoms with Crippen molar-refractivity contribution in [3.8, 4) is 5.75 Å². The molecule has 3 unspecified atom stereocenters. The van der Waals surface area contributed by atoms with Gasteiger partial charge in [-0.25, -0.2) is 4.39 Å². The van der Waals surface area contributed by atoms with E-state index in [1.165, 1.54) is 18.9 Å². The van der Waals surface area contributed by atoms with Gasteiger partial charge in [0.1, 0.15) is 17.7 Å². The second kappa shape index (κ2) is 6.32. The Kier molecular flexibility index (Phi) is 4.45. The van der Waals surface area contributed by atoms with Crippen molar-refractivity contribution in [2.75, 3.05) is 26.2 Å². The summed E-state index contributed by atoms with van der Waals surface area (Å²) in [5.41, 5.74) is 6.87. The number of fused-ring (bicyclic) bond motifs is 1. The van der Waals surface area contributed by atoms with E-state index in [2.05, 4.69) is 11.8 Å². The van der Waals surface area contributed by atoms with E-state index in [9.17, 15) is 4.39 Å². The fourth-order valence-electron chi connectivity index (χ4n) is 3.77. The molecule has 3 rings (SSSR count). The van der Waals surface area contributed by atoms with Crippen molar-refractivity contribution in [3.05, 3.63) is 29.6 Å². The van der Waals surface area contributed by atoms with Gasteiger partial charge >= 0.3 is 0 Å². The Balaban J connectivity index is 1.57. The molecule has 116 valence electrons. The lowest BCUT2D eigenvalue weighted by Crippen LogP contribution is -2.46. The van der Waals surface area contributed by atoms with Crippen LogP contribution in [0.4, 0.5) is 4.39 Å². The summed E-state index contributed by atoms with van der Waals surface area (Å²) in [6.45, 7) is 6.20. The molecule has 0 spiro atoms. The molecule has 0 saturated carbocycles. The van der Waals surface area contributed by atoms with Crippen molar-refractivity contribution in [1.29, 1.82) is 0 Å². The lowest BCUT2D eigenvalue weighted by Gasteiger charge is -2.38. The zero-order valence-electron chi connectivity index (χ0n) is 12.7. The monoisotopic (exact) mass is 292 g/mol. The SMILES string of the molecule is CCC1CN(CC2Cc3cc(F)ccc3O2)CCC1CN. The highest BCUT2D eigenvalue weighted by Gasteiger charge is 2.30. The molecule has 1 aromatic rings. The van der Waals surface area contributed by atoms with Crippen LogP contribution in [0.1, 0.15) is 25.3 Å². The quantitative estimate of drug-likeness (QED) is 0.926. The highest BCUT2D eigenvalue weighted by Crippen LogP contribution is 2.31. The molecule has 1 fully saturated rings. The Hall–Kier alpha value is -1.13. The number of ether oxygens (including phenoxy) is 1. The van der Waals surface area contributed by atoms with Gasteiger partial charge in [-0.1, -0.05) is 13.3 Å². The van der Waals surface area contributed by atoms with E-state index in [1.54, 1.807) is 12.1 Å². The van der Waals surface area contributed by atoms with Crippen LogP contribution in [-0.4, -0.2) is 37.2 Å². The Labute approximate surface area is 126 Å². The Morgan fingerprint density at radius 2 is 2.24 bits per heavy atom. The number of halogens is 1. The van der Waals surface area contributed by atoms with Gasteiger partial charge in [-0.3, -0.25) is 4.90 Å². The minimum atomic E-state index is -0.173. The molecule has 4 heteroatoms. The summed E-state index contributed by atoms with van der Waals surface area (Å²) >= 11 is 0. The molecule has 2 heterocycles. The maximum atomic E-state index is 13.2. The number of nitrogens with zero attached hydrogens (tertiary/aromatic N) is 1. The molecule has 3 atom stereocenters. The standard InChI is InChI=1S/C17H25FN2O/c1-2-12-10-20(6-5-13(12)9-19)11-16-8-14-7-15(18)3-4-17(14)21-16/h3-4,7,12-13,16H,2,5-6,8-11,19H2,1H3. The van der Waals surface area contributed by atoms with Crippen LogP contribution in [0.3, 0.4) is 0 Å². The van der Waals surface area contributed by atoms with Crippen LogP contribution in [0.25, 0.3) is 0 Å². The predicted octanol–water partition coefficient (Wildman–Crippen LogP) is 2.44. The minimum Gasteiger partial charge on any atom is -0.488 e. The molecule has 0 amide bonds. The van der Waals surface area contributed by atoms with Crippen LogP contribution in [0.5, 0.6) is 5.75 Å². The summed E-state index contributed by atoms with van der Waals surface area (Å²) in [7, 11) is 0. The smallest absolute Gasteiger partial charge is 0.123 e. The first-order chi connectivity index (χ1) is 10.2. The lowest BCUT2D eigenvalue weighted by molar-refractivity contribution is 0.0806. The third-order valence-electron chi connectivity index (χ3n) is 5.03. The molecule has 0 bridgehead atoms. The van der Waals surface area contributed by atoms with E-state index in [-0.39, 0.29) is 11.9 Å². The summed E-state index contributed by atoms with van der Waals surface area (Å²) in [5.74, 6) is 2.05. The van der Waals surface area contributed by atoms with E-state index in [4.69, 9.17) is 10.5 Å². The van der Waals surface area contributed by atoms with Gasteiger partial charge < -0.3 is 10.5 Å². The van der Waals surface area contributed by atoms with E-state index >= 15 is 0 Å². The number of hydrogen-bond donors (Lipinski definition) is 1. The third kappa shape index (κ3) is 3.22. The molecule has 2 N–H and O–H groups in total. The highest BCUT2D eigenvalue weighted by molar-refractivity contribution is 5.37. The molecule has 3 nitrogen and oxygen atoms in total. The van der Waals surface area contributed by atoms with Crippen molar-refractivity contribution in [2.24, 2.45) is 17.6 Å². The Morgan fingerprint density at radius 3 is 3.00 bits per heavy atom. The highest BCUT2D eigenvalue weighted by atomic mass is 19.1. The molecule has 21 heavy (non-hydrogen) atoms. The van der Waals surface area contributed by atoms with Gasteiger partial charge in [0.15, 0.2) is 0 Å². The van der Waals surface area contributed by atoms with Gasteiger partial charge in [0.2, 0.25) is 0 Å². The first kappa shape index (κ1) is 14.8. The minimum absolute atomic E-state index is 0.161. The normalized spacial score (nSPS) is 29.2. The van der Waals surface area contributed by atoms with Crippen LogP contribution >= 0.6 is 0 Å². The largest absolute Gasteiger partial charge is 0.488 e. The first-order valence-electron chi connectivity index (χ1n) is 8.07. The van der Waals surface area contributed by atoms with Crippen molar-refractivity contribution in [2.45, 2.75) is 32.3 Å². The fourth-order valence-corrected chi connectivity index (χ4v) is 3.77. The number of hydrogen-bond acceptors (Lipinski definition) is 3. The first-order valence-corrected chi connectivity index (χ1v) is 8.07. The lowest BCUT2D eigenvalue weighted by atomic mass is 9.83. The van der Waals surface area contributed by atoms with Crippen LogP contribution < -0.4 is 10.5 Å². The third-order valence-corrected chi connectivity index (χ3v) is 5.03. The van der Waals surface area contributed by atoms with Crippen molar-refractivity contribution < 1.29 is 9.13 Å². The van der Waals surface area contributed by atoms with Crippen LogP contribution in [0, 0.1) is 17.7 Å². The molecule has 1 aromatic carbocycles. The van der Waals surface area contributed by atoms with E-state index in [1.807, 2.05) is 0 Å². The number of likely N-dealkylation sites (tertiary alicyclic amines) is 1. The average molecular weight is 292 g/mol. The van der Waals surface area contributed by atoms with Gasteiger partial charge in [-0.05, 0) is 49.5 Å². The van der Waals surface area contributed by atoms with Gasteiger partial charge in [-0.2, -0.15) is 0 Å². The maximum absolute atomic E-state index is 13.2. The van der Waals surface area contributed by atoms with Crippen molar-refractivity contribution >= 4 is 0 Å². The zero-order chi connectivity index (χ0) is 14.8. The van der Waals surface area contributed by atoms with Gasteiger partial charge in [-0.15, -0.1) is 0 Å². The topological polar surface area (TPSA) is 38.5 Å². The van der Waals surface area contributed by atoms with E-state index in [0.29, 0.717) is 11.8 Å². The summed E-state index contributed by atoms with van der Waals surface area (Å²) < 4.78 is 19.2. The Bertz CT molecular complexity index is 494. The molecule has 2 aliphatic heterocycles. The van der Waals surface area contributed by atoms with Gasteiger partial charge in [0.25, 0.3) is 0 Å². The summed E-state index contributed by atoms with van der Waals surface area (Å²) in [5, 5.41) is 0. The number of nitrogens with two attached hydrogens (primary N) is 1. The molecular formula is C17H25FN2O. The zero-order valence-corrected chi connectivity index (χ0v) is 12.7. The molecular weight excluding hydrogens is 267 g/mol. The van der Waals surface area contributed by atoms with Crippen LogP contribution in [0.2, 0.25) is 0 Å². The molecule has 1 saturated heterocycles. The summed E-state index contributed by atoms with van der Waals surface area (Å²) in [6, 6.07) is 4.83. The van der Waals surface area contributed by atoms with E-state index in [0.717, 1.165) is 43.9 Å². The molecule has 0 aromatic heterocycles. The molecule has 0 radical (unpaired) electrons. The second-order valence-corrected chi connectivity index (χ2v) is 6.41. The predicted molar refractivity (Wildman–Crippen MR) is 81.9 cm³/mol. The molecule has 2 aliphatic rings. The number of rotatable bonds is 4. The maximum Gasteiger partial charge on any atom is 0.123 e. The summed E-state index contributed by atoms with van der Waals surface area (Å²) in [4.78, 5) is 2.49. The molecule has 0 aliphatic carbocycles. The van der Waals surface area contributed by atoms with Crippen LogP contribution in [0.15, 0.2) is 18.2 Å². The number of piperidine rings is 1. The van der Waals surface area contributed by atoms with Gasteiger partial charge in [0, 0.05) is 25.1 Å². The van der Waals surface area contributed by atoms with Crippen molar-refractivity contribution in [3.63, 3.8) is 0 Å². The fraction of sp³-hybridized carbons (Fsp3) is 0.647. The summed E-state index contributed by atoms with van der Waals surface area (Å²) in [6.07, 6.45) is 3.35. The van der Waals surface area contributed by atoms with E-state index < -0.39 is 0 Å². The number of benzene rings is 1.